The highest BCUT2D eigenvalue weighted by atomic mass is 16.2. The maximum atomic E-state index is 11.2. The lowest BCUT2D eigenvalue weighted by atomic mass is 10.3. The molecule has 1 rings (SSSR count). The van der Waals surface area contributed by atoms with Crippen molar-refractivity contribution in [3.8, 4) is 0 Å². The molecule has 1 aromatic heterocycles. The first-order valence-electron chi connectivity index (χ1n) is 6.44. The predicted octanol–water partition coefficient (Wildman–Crippen LogP) is 1.26. The van der Waals surface area contributed by atoms with E-state index in [1.807, 2.05) is 0 Å². The van der Waals surface area contributed by atoms with Gasteiger partial charge in [0.05, 0.1) is 0 Å². The standard InChI is InChI=1S/C13H24N4O/c1-4-8-17-9-5-12(11-17)10-14-6-7-15-13(18)16(2)3/h5,9,11,14H,4,6-8,10H2,1-3H3,(H,15,18). The molecule has 0 bridgehead atoms. The lowest BCUT2D eigenvalue weighted by molar-refractivity contribution is 0.217. The lowest BCUT2D eigenvalue weighted by Crippen LogP contribution is -2.38. The molecule has 0 saturated carbocycles. The average Bonchev–Trinajstić information content (AvgIpc) is 2.76. The van der Waals surface area contributed by atoms with Gasteiger partial charge in [0.15, 0.2) is 0 Å². The minimum atomic E-state index is -0.0501. The number of amides is 2. The smallest absolute Gasteiger partial charge is 0.316 e. The molecule has 5 nitrogen and oxygen atoms in total. The Labute approximate surface area is 109 Å². The van der Waals surface area contributed by atoms with Gasteiger partial charge in [-0.05, 0) is 18.1 Å². The minimum Gasteiger partial charge on any atom is -0.354 e. The maximum Gasteiger partial charge on any atom is 0.316 e. The molecule has 0 radical (unpaired) electrons. The van der Waals surface area contributed by atoms with Crippen LogP contribution in [0.2, 0.25) is 0 Å². The molecule has 18 heavy (non-hydrogen) atoms. The maximum absolute atomic E-state index is 11.2. The normalized spacial score (nSPS) is 10.4. The molecule has 102 valence electrons. The van der Waals surface area contributed by atoms with Gasteiger partial charge in [0.2, 0.25) is 0 Å². The quantitative estimate of drug-likeness (QED) is 0.718. The van der Waals surface area contributed by atoms with Crippen molar-refractivity contribution < 1.29 is 4.79 Å². The monoisotopic (exact) mass is 252 g/mol. The Kier molecular flexibility index (Phi) is 6.28. The highest BCUT2D eigenvalue weighted by Gasteiger charge is 2.00. The average molecular weight is 252 g/mol. The number of urea groups is 1. The van der Waals surface area contributed by atoms with Crippen molar-refractivity contribution >= 4 is 6.03 Å². The van der Waals surface area contributed by atoms with Crippen molar-refractivity contribution in [2.75, 3.05) is 27.2 Å². The summed E-state index contributed by atoms with van der Waals surface area (Å²) in [5.74, 6) is 0. The highest BCUT2D eigenvalue weighted by molar-refractivity contribution is 5.73. The van der Waals surface area contributed by atoms with E-state index < -0.39 is 0 Å². The molecule has 2 amide bonds. The second-order valence-corrected chi connectivity index (χ2v) is 4.56. The molecular weight excluding hydrogens is 228 g/mol. The van der Waals surface area contributed by atoms with Crippen LogP contribution in [0.15, 0.2) is 18.5 Å². The van der Waals surface area contributed by atoms with E-state index >= 15 is 0 Å². The van der Waals surface area contributed by atoms with Gasteiger partial charge in [0.1, 0.15) is 0 Å². The molecule has 5 heteroatoms. The number of nitrogens with one attached hydrogen (secondary N) is 2. The van der Waals surface area contributed by atoms with Crippen LogP contribution in [0.1, 0.15) is 18.9 Å². The summed E-state index contributed by atoms with van der Waals surface area (Å²) in [6, 6.07) is 2.08. The molecule has 0 atom stereocenters. The fourth-order valence-corrected chi connectivity index (χ4v) is 1.64. The first-order valence-corrected chi connectivity index (χ1v) is 6.44. The van der Waals surface area contributed by atoms with Crippen LogP contribution >= 0.6 is 0 Å². The zero-order valence-electron chi connectivity index (χ0n) is 11.6. The van der Waals surface area contributed by atoms with E-state index in [1.165, 1.54) is 10.5 Å². The first kappa shape index (κ1) is 14.6. The lowest BCUT2D eigenvalue weighted by Gasteiger charge is -2.11. The zero-order chi connectivity index (χ0) is 13.4. The highest BCUT2D eigenvalue weighted by Crippen LogP contribution is 2.01. The largest absolute Gasteiger partial charge is 0.354 e. The number of rotatable bonds is 7. The van der Waals surface area contributed by atoms with E-state index in [2.05, 4.69) is 40.6 Å². The van der Waals surface area contributed by atoms with Gasteiger partial charge in [-0.15, -0.1) is 0 Å². The second-order valence-electron chi connectivity index (χ2n) is 4.56. The summed E-state index contributed by atoms with van der Waals surface area (Å²) in [4.78, 5) is 12.8. The van der Waals surface area contributed by atoms with Gasteiger partial charge in [-0.1, -0.05) is 6.92 Å². The molecule has 0 aliphatic rings. The van der Waals surface area contributed by atoms with Crippen molar-refractivity contribution in [2.24, 2.45) is 0 Å². The van der Waals surface area contributed by atoms with Gasteiger partial charge < -0.3 is 20.1 Å². The minimum absolute atomic E-state index is 0.0501. The van der Waals surface area contributed by atoms with Gasteiger partial charge >= 0.3 is 6.03 Å². The molecule has 0 aromatic carbocycles. The Morgan fingerprint density at radius 2 is 2.17 bits per heavy atom. The molecule has 0 aliphatic carbocycles. The third-order valence-corrected chi connectivity index (χ3v) is 2.61. The summed E-state index contributed by atoms with van der Waals surface area (Å²) in [7, 11) is 3.47. The number of carbonyl (C=O) groups excluding carboxylic acids is 1. The second kappa shape index (κ2) is 7.76. The van der Waals surface area contributed by atoms with Crippen molar-refractivity contribution in [1.82, 2.24) is 20.1 Å². The van der Waals surface area contributed by atoms with Gasteiger partial charge in [0, 0.05) is 52.7 Å². The van der Waals surface area contributed by atoms with E-state index in [4.69, 9.17) is 0 Å². The third kappa shape index (κ3) is 5.23. The van der Waals surface area contributed by atoms with E-state index in [1.54, 1.807) is 14.1 Å². The summed E-state index contributed by atoms with van der Waals surface area (Å²) in [6.45, 7) is 5.50. The van der Waals surface area contributed by atoms with Gasteiger partial charge in [-0.2, -0.15) is 0 Å². The summed E-state index contributed by atoms with van der Waals surface area (Å²) < 4.78 is 2.20. The van der Waals surface area contributed by atoms with Crippen LogP contribution in [0.4, 0.5) is 4.79 Å². The van der Waals surface area contributed by atoms with E-state index in [0.29, 0.717) is 6.54 Å². The van der Waals surface area contributed by atoms with Crippen LogP contribution in [0.3, 0.4) is 0 Å². The van der Waals surface area contributed by atoms with Gasteiger partial charge in [0.25, 0.3) is 0 Å². The Bertz CT molecular complexity index is 360. The van der Waals surface area contributed by atoms with Crippen molar-refractivity contribution in [3.63, 3.8) is 0 Å². The first-order chi connectivity index (χ1) is 8.63. The number of aryl methyl sites for hydroxylation is 1. The predicted molar refractivity (Wildman–Crippen MR) is 73.5 cm³/mol. The third-order valence-electron chi connectivity index (χ3n) is 2.61. The van der Waals surface area contributed by atoms with Crippen LogP contribution in [-0.4, -0.2) is 42.7 Å². The Balaban J connectivity index is 2.12. The number of hydrogen-bond acceptors (Lipinski definition) is 2. The number of carbonyl (C=O) groups is 1. The number of nitrogens with zero attached hydrogens (tertiary/aromatic N) is 2. The van der Waals surface area contributed by atoms with E-state index in [0.717, 1.165) is 26.1 Å². The van der Waals surface area contributed by atoms with Crippen LogP contribution < -0.4 is 10.6 Å². The van der Waals surface area contributed by atoms with Crippen molar-refractivity contribution in [3.05, 3.63) is 24.0 Å². The summed E-state index contributed by atoms with van der Waals surface area (Å²) >= 11 is 0. The molecule has 1 heterocycles. The fourth-order valence-electron chi connectivity index (χ4n) is 1.64. The molecule has 0 spiro atoms. The molecule has 0 unspecified atom stereocenters. The Hall–Kier alpha value is -1.49. The number of aromatic nitrogens is 1. The summed E-state index contributed by atoms with van der Waals surface area (Å²) in [6.07, 6.45) is 5.42. The molecule has 0 aliphatic heterocycles. The van der Waals surface area contributed by atoms with Gasteiger partial charge in [-0.3, -0.25) is 0 Å². The van der Waals surface area contributed by atoms with Crippen LogP contribution in [0, 0.1) is 0 Å². The molecule has 0 saturated heterocycles. The fraction of sp³-hybridized carbons (Fsp3) is 0.615. The van der Waals surface area contributed by atoms with Crippen LogP contribution in [-0.2, 0) is 13.1 Å². The SMILES string of the molecule is CCCn1ccc(CNCCNC(=O)N(C)C)c1. The summed E-state index contributed by atoms with van der Waals surface area (Å²) in [5, 5.41) is 6.12. The molecule has 0 fully saturated rings. The van der Waals surface area contributed by atoms with Crippen LogP contribution in [0.25, 0.3) is 0 Å². The molecular formula is C13H24N4O. The number of hydrogen-bond donors (Lipinski definition) is 2. The van der Waals surface area contributed by atoms with Crippen molar-refractivity contribution in [2.45, 2.75) is 26.4 Å². The molecule has 2 N–H and O–H groups in total. The van der Waals surface area contributed by atoms with Crippen molar-refractivity contribution in [1.29, 1.82) is 0 Å². The topological polar surface area (TPSA) is 49.3 Å². The van der Waals surface area contributed by atoms with Crippen LogP contribution in [0.5, 0.6) is 0 Å². The Morgan fingerprint density at radius 3 is 2.83 bits per heavy atom. The zero-order valence-corrected chi connectivity index (χ0v) is 11.6. The summed E-state index contributed by atoms with van der Waals surface area (Å²) in [5.41, 5.74) is 1.28. The van der Waals surface area contributed by atoms with E-state index in [9.17, 15) is 4.79 Å². The Morgan fingerprint density at radius 1 is 1.39 bits per heavy atom. The van der Waals surface area contributed by atoms with E-state index in [-0.39, 0.29) is 6.03 Å². The van der Waals surface area contributed by atoms with Gasteiger partial charge in [-0.25, -0.2) is 4.79 Å². The molecule has 1 aromatic rings.